The normalized spacial score (nSPS) is 11.0. The number of aryl methyl sites for hydroxylation is 1. The van der Waals surface area contributed by atoms with Gasteiger partial charge in [0.15, 0.2) is 0 Å². The zero-order valence-corrected chi connectivity index (χ0v) is 14.8. The lowest BCUT2D eigenvalue weighted by atomic mass is 10.1. The van der Waals surface area contributed by atoms with Crippen LogP contribution < -0.4 is 5.32 Å². The van der Waals surface area contributed by atoms with Gasteiger partial charge in [-0.15, -0.1) is 0 Å². The Labute approximate surface area is 138 Å². The average Bonchev–Trinajstić information content (AvgIpc) is 2.56. The van der Waals surface area contributed by atoms with Gasteiger partial charge < -0.3 is 5.32 Å². The third-order valence-corrected chi connectivity index (χ3v) is 4.37. The van der Waals surface area contributed by atoms with E-state index in [4.69, 9.17) is 0 Å². The summed E-state index contributed by atoms with van der Waals surface area (Å²) in [6, 6.07) is 10.9. The van der Waals surface area contributed by atoms with Crippen molar-refractivity contribution in [1.29, 1.82) is 0 Å². The number of unbranched alkanes of at least 4 members (excludes halogenated alkanes) is 9. The van der Waals surface area contributed by atoms with Crippen LogP contribution in [0, 0.1) is 0 Å². The summed E-state index contributed by atoms with van der Waals surface area (Å²) in [6.07, 6.45) is 16.5. The fourth-order valence-electron chi connectivity index (χ4n) is 2.91. The van der Waals surface area contributed by atoms with Crippen LogP contribution >= 0.6 is 0 Å². The van der Waals surface area contributed by atoms with E-state index in [-0.39, 0.29) is 0 Å². The van der Waals surface area contributed by atoms with Gasteiger partial charge in [-0.1, -0.05) is 88.6 Å². The molecule has 1 N–H and O–H groups in total. The molecular weight excluding hydrogens is 266 g/mol. The van der Waals surface area contributed by atoms with Crippen molar-refractivity contribution in [3.63, 3.8) is 0 Å². The molecular formula is C21H37N. The van der Waals surface area contributed by atoms with Crippen LogP contribution in [0.15, 0.2) is 30.3 Å². The third-order valence-electron chi connectivity index (χ3n) is 4.37. The van der Waals surface area contributed by atoms with Crippen molar-refractivity contribution in [3.05, 3.63) is 35.9 Å². The van der Waals surface area contributed by atoms with E-state index in [1.165, 1.54) is 95.7 Å². The van der Waals surface area contributed by atoms with E-state index in [0.29, 0.717) is 0 Å². The number of nitrogens with one attached hydrogen (secondary N) is 1. The van der Waals surface area contributed by atoms with Crippen LogP contribution in [-0.2, 0) is 6.42 Å². The topological polar surface area (TPSA) is 12.0 Å². The molecule has 0 aromatic heterocycles. The highest BCUT2D eigenvalue weighted by atomic mass is 14.8. The SMILES string of the molecule is CCCCCCCCNCCCCCCCc1ccccc1. The molecule has 22 heavy (non-hydrogen) atoms. The second-order valence-electron chi connectivity index (χ2n) is 6.52. The molecule has 0 aliphatic rings. The van der Waals surface area contributed by atoms with E-state index < -0.39 is 0 Å². The summed E-state index contributed by atoms with van der Waals surface area (Å²) in [4.78, 5) is 0. The minimum atomic E-state index is 1.22. The van der Waals surface area contributed by atoms with Gasteiger partial charge in [0.25, 0.3) is 0 Å². The summed E-state index contributed by atoms with van der Waals surface area (Å²) in [7, 11) is 0. The van der Waals surface area contributed by atoms with Crippen molar-refractivity contribution in [2.24, 2.45) is 0 Å². The van der Waals surface area contributed by atoms with E-state index >= 15 is 0 Å². The first-order valence-corrected chi connectivity index (χ1v) is 9.68. The quantitative estimate of drug-likeness (QED) is 0.384. The largest absolute Gasteiger partial charge is 0.317 e. The number of hydrogen-bond donors (Lipinski definition) is 1. The predicted molar refractivity (Wildman–Crippen MR) is 99.5 cm³/mol. The fourth-order valence-corrected chi connectivity index (χ4v) is 2.91. The highest BCUT2D eigenvalue weighted by Crippen LogP contribution is 2.08. The van der Waals surface area contributed by atoms with Crippen LogP contribution in [0.25, 0.3) is 0 Å². The number of benzene rings is 1. The molecule has 0 atom stereocenters. The van der Waals surface area contributed by atoms with E-state index in [0.717, 1.165) is 0 Å². The summed E-state index contributed by atoms with van der Waals surface area (Å²) in [5.74, 6) is 0. The van der Waals surface area contributed by atoms with Crippen LogP contribution in [0.4, 0.5) is 0 Å². The highest BCUT2D eigenvalue weighted by molar-refractivity contribution is 5.14. The summed E-state index contributed by atoms with van der Waals surface area (Å²) in [6.45, 7) is 4.72. The molecule has 0 radical (unpaired) electrons. The van der Waals surface area contributed by atoms with Gasteiger partial charge >= 0.3 is 0 Å². The van der Waals surface area contributed by atoms with Gasteiger partial charge in [-0.25, -0.2) is 0 Å². The highest BCUT2D eigenvalue weighted by Gasteiger charge is 1.94. The molecule has 0 saturated heterocycles. The van der Waals surface area contributed by atoms with Gasteiger partial charge in [0, 0.05) is 0 Å². The molecule has 0 fully saturated rings. The van der Waals surface area contributed by atoms with Crippen molar-refractivity contribution in [2.75, 3.05) is 13.1 Å². The lowest BCUT2D eigenvalue weighted by molar-refractivity contribution is 0.544. The van der Waals surface area contributed by atoms with E-state index in [1.807, 2.05) is 0 Å². The van der Waals surface area contributed by atoms with E-state index in [1.54, 1.807) is 0 Å². The molecule has 0 unspecified atom stereocenters. The fraction of sp³-hybridized carbons (Fsp3) is 0.714. The minimum Gasteiger partial charge on any atom is -0.317 e. The maximum atomic E-state index is 3.59. The Morgan fingerprint density at radius 3 is 1.82 bits per heavy atom. The van der Waals surface area contributed by atoms with Gasteiger partial charge in [0.1, 0.15) is 0 Å². The Morgan fingerprint density at radius 2 is 1.18 bits per heavy atom. The summed E-state index contributed by atoms with van der Waals surface area (Å²) < 4.78 is 0. The number of hydrogen-bond acceptors (Lipinski definition) is 1. The summed E-state index contributed by atoms with van der Waals surface area (Å²) in [5, 5.41) is 3.59. The van der Waals surface area contributed by atoms with Gasteiger partial charge in [0.2, 0.25) is 0 Å². The second-order valence-corrected chi connectivity index (χ2v) is 6.52. The molecule has 0 spiro atoms. The van der Waals surface area contributed by atoms with Crippen molar-refractivity contribution in [3.8, 4) is 0 Å². The first kappa shape index (κ1) is 19.2. The Balaban J connectivity index is 1.73. The molecule has 0 aliphatic carbocycles. The molecule has 1 aromatic rings. The monoisotopic (exact) mass is 303 g/mol. The van der Waals surface area contributed by atoms with Gasteiger partial charge in [-0.2, -0.15) is 0 Å². The van der Waals surface area contributed by atoms with Crippen LogP contribution in [0.3, 0.4) is 0 Å². The predicted octanol–water partition coefficient (Wildman–Crippen LogP) is 6.13. The van der Waals surface area contributed by atoms with Crippen LogP contribution in [0.2, 0.25) is 0 Å². The smallest absolute Gasteiger partial charge is 0.00489 e. The Hall–Kier alpha value is -0.820. The molecule has 0 bridgehead atoms. The Bertz CT molecular complexity index is 320. The first-order chi connectivity index (χ1) is 10.9. The Kier molecular flexibility index (Phi) is 13.2. The van der Waals surface area contributed by atoms with Gasteiger partial charge in [-0.05, 0) is 44.3 Å². The minimum absolute atomic E-state index is 1.22. The average molecular weight is 304 g/mol. The maximum absolute atomic E-state index is 3.59. The van der Waals surface area contributed by atoms with Crippen LogP contribution in [-0.4, -0.2) is 13.1 Å². The molecule has 1 aromatic carbocycles. The maximum Gasteiger partial charge on any atom is -0.00489 e. The standard InChI is InChI=1S/C21H37N/c1-2-3-4-5-8-14-19-22-20-15-9-6-7-11-16-21-17-12-10-13-18-21/h10,12-13,17-18,22H,2-9,11,14-16,19-20H2,1H3. The van der Waals surface area contributed by atoms with Crippen LogP contribution in [0.1, 0.15) is 83.1 Å². The van der Waals surface area contributed by atoms with Crippen molar-refractivity contribution >= 4 is 0 Å². The van der Waals surface area contributed by atoms with Crippen molar-refractivity contribution in [2.45, 2.75) is 84.0 Å². The molecule has 0 heterocycles. The molecule has 1 nitrogen and oxygen atoms in total. The van der Waals surface area contributed by atoms with Crippen LogP contribution in [0.5, 0.6) is 0 Å². The first-order valence-electron chi connectivity index (χ1n) is 9.68. The zero-order chi connectivity index (χ0) is 15.7. The molecule has 0 saturated carbocycles. The molecule has 126 valence electrons. The zero-order valence-electron chi connectivity index (χ0n) is 14.8. The molecule has 0 aliphatic heterocycles. The second kappa shape index (κ2) is 15.1. The van der Waals surface area contributed by atoms with Crippen molar-refractivity contribution < 1.29 is 0 Å². The van der Waals surface area contributed by atoms with Gasteiger partial charge in [0.05, 0.1) is 0 Å². The van der Waals surface area contributed by atoms with Gasteiger partial charge in [-0.3, -0.25) is 0 Å². The number of rotatable bonds is 15. The van der Waals surface area contributed by atoms with Crippen molar-refractivity contribution in [1.82, 2.24) is 5.32 Å². The molecule has 0 amide bonds. The lowest BCUT2D eigenvalue weighted by Gasteiger charge is -2.05. The van der Waals surface area contributed by atoms with E-state index in [2.05, 4.69) is 42.6 Å². The summed E-state index contributed by atoms with van der Waals surface area (Å²) >= 11 is 0. The van der Waals surface area contributed by atoms with E-state index in [9.17, 15) is 0 Å². The third kappa shape index (κ3) is 11.8. The summed E-state index contributed by atoms with van der Waals surface area (Å²) in [5.41, 5.74) is 1.49. The molecule has 1 heteroatoms. The lowest BCUT2D eigenvalue weighted by Crippen LogP contribution is -2.16. The molecule has 1 rings (SSSR count). The Morgan fingerprint density at radius 1 is 0.636 bits per heavy atom.